The molecule has 0 amide bonds. The standard InChI is InChI=1S/C13H12FN3/c14-10-3-1-2-8(6-10)9-4-5-11(13(16)17)12(15)7-9/h1-7H,15H2,(H3,16,17). The molecule has 2 aromatic rings. The smallest absolute Gasteiger partial charge is 0.124 e. The molecule has 0 fully saturated rings. The van der Waals surface area contributed by atoms with Gasteiger partial charge in [0, 0.05) is 11.3 Å². The van der Waals surface area contributed by atoms with E-state index in [9.17, 15) is 4.39 Å². The number of halogens is 1. The molecule has 0 heterocycles. The number of rotatable bonds is 2. The normalized spacial score (nSPS) is 10.2. The first-order valence-electron chi connectivity index (χ1n) is 5.08. The Labute approximate surface area is 98.4 Å². The summed E-state index contributed by atoms with van der Waals surface area (Å²) in [7, 11) is 0. The van der Waals surface area contributed by atoms with Crippen molar-refractivity contribution in [2.45, 2.75) is 0 Å². The number of amidine groups is 1. The number of hydrogen-bond donors (Lipinski definition) is 3. The Morgan fingerprint density at radius 2 is 1.76 bits per heavy atom. The largest absolute Gasteiger partial charge is 0.398 e. The molecule has 86 valence electrons. The highest BCUT2D eigenvalue weighted by atomic mass is 19.1. The van der Waals surface area contributed by atoms with Gasteiger partial charge in [0.15, 0.2) is 0 Å². The van der Waals surface area contributed by atoms with Crippen LogP contribution in [-0.2, 0) is 0 Å². The van der Waals surface area contributed by atoms with Gasteiger partial charge in [0.1, 0.15) is 11.7 Å². The molecular weight excluding hydrogens is 217 g/mol. The lowest BCUT2D eigenvalue weighted by molar-refractivity contribution is 0.628. The number of nitrogens with one attached hydrogen (secondary N) is 1. The Morgan fingerprint density at radius 3 is 2.35 bits per heavy atom. The van der Waals surface area contributed by atoms with Crippen molar-refractivity contribution in [3.8, 4) is 11.1 Å². The molecule has 0 saturated heterocycles. The highest BCUT2D eigenvalue weighted by Crippen LogP contribution is 2.24. The lowest BCUT2D eigenvalue weighted by Gasteiger charge is -2.07. The molecule has 0 unspecified atom stereocenters. The molecule has 0 radical (unpaired) electrons. The van der Waals surface area contributed by atoms with Gasteiger partial charge in [-0.2, -0.15) is 0 Å². The molecule has 3 nitrogen and oxygen atoms in total. The second-order valence-corrected chi connectivity index (χ2v) is 3.73. The van der Waals surface area contributed by atoms with E-state index in [1.54, 1.807) is 30.3 Å². The molecule has 0 bridgehead atoms. The van der Waals surface area contributed by atoms with Crippen LogP contribution in [0.5, 0.6) is 0 Å². The quantitative estimate of drug-likeness (QED) is 0.420. The van der Waals surface area contributed by atoms with Gasteiger partial charge in [-0.05, 0) is 35.4 Å². The first-order valence-corrected chi connectivity index (χ1v) is 5.08. The van der Waals surface area contributed by atoms with Crippen LogP contribution in [0.1, 0.15) is 5.56 Å². The van der Waals surface area contributed by atoms with Gasteiger partial charge in [-0.1, -0.05) is 18.2 Å². The lowest BCUT2D eigenvalue weighted by Crippen LogP contribution is -2.13. The molecule has 0 saturated carbocycles. The number of anilines is 1. The van der Waals surface area contributed by atoms with Gasteiger partial charge in [-0.15, -0.1) is 0 Å². The summed E-state index contributed by atoms with van der Waals surface area (Å²) >= 11 is 0. The van der Waals surface area contributed by atoms with Crippen LogP contribution in [0.2, 0.25) is 0 Å². The van der Waals surface area contributed by atoms with Crippen molar-refractivity contribution in [2.75, 3.05) is 5.73 Å². The van der Waals surface area contributed by atoms with Crippen molar-refractivity contribution in [1.29, 1.82) is 5.41 Å². The van der Waals surface area contributed by atoms with Crippen LogP contribution in [0, 0.1) is 11.2 Å². The lowest BCUT2D eigenvalue weighted by atomic mass is 10.0. The number of hydrogen-bond acceptors (Lipinski definition) is 2. The molecule has 5 N–H and O–H groups in total. The molecule has 0 aromatic heterocycles. The highest BCUT2D eigenvalue weighted by molar-refractivity contribution is 6.00. The van der Waals surface area contributed by atoms with Crippen molar-refractivity contribution in [3.05, 3.63) is 53.8 Å². The van der Waals surface area contributed by atoms with Crippen LogP contribution in [0.4, 0.5) is 10.1 Å². The molecule has 0 spiro atoms. The Kier molecular flexibility index (Phi) is 2.78. The summed E-state index contributed by atoms with van der Waals surface area (Å²) in [6.07, 6.45) is 0. The molecular formula is C13H12FN3. The van der Waals surface area contributed by atoms with Gasteiger partial charge < -0.3 is 11.5 Å². The van der Waals surface area contributed by atoms with Crippen molar-refractivity contribution in [2.24, 2.45) is 5.73 Å². The molecule has 2 rings (SSSR count). The minimum atomic E-state index is -0.295. The van der Waals surface area contributed by atoms with Gasteiger partial charge >= 0.3 is 0 Å². The first kappa shape index (κ1) is 11.1. The van der Waals surface area contributed by atoms with Gasteiger partial charge in [-0.25, -0.2) is 4.39 Å². The second kappa shape index (κ2) is 4.25. The molecule has 17 heavy (non-hydrogen) atoms. The minimum absolute atomic E-state index is 0.0757. The van der Waals surface area contributed by atoms with E-state index in [0.717, 1.165) is 11.1 Å². The van der Waals surface area contributed by atoms with E-state index in [1.807, 2.05) is 0 Å². The third-order valence-electron chi connectivity index (χ3n) is 2.50. The van der Waals surface area contributed by atoms with Crippen molar-refractivity contribution in [3.63, 3.8) is 0 Å². The van der Waals surface area contributed by atoms with Gasteiger partial charge in [-0.3, -0.25) is 5.41 Å². The summed E-state index contributed by atoms with van der Waals surface area (Å²) in [5, 5.41) is 7.32. The van der Waals surface area contributed by atoms with Crippen molar-refractivity contribution >= 4 is 11.5 Å². The van der Waals surface area contributed by atoms with Gasteiger partial charge in [0.05, 0.1) is 0 Å². The zero-order valence-electron chi connectivity index (χ0n) is 9.07. The zero-order chi connectivity index (χ0) is 12.4. The van der Waals surface area contributed by atoms with Crippen LogP contribution in [-0.4, -0.2) is 5.84 Å². The summed E-state index contributed by atoms with van der Waals surface area (Å²) in [5.74, 6) is -0.370. The van der Waals surface area contributed by atoms with E-state index < -0.39 is 0 Å². The maximum Gasteiger partial charge on any atom is 0.124 e. The van der Waals surface area contributed by atoms with E-state index in [4.69, 9.17) is 16.9 Å². The summed E-state index contributed by atoms with van der Waals surface area (Å²) < 4.78 is 13.1. The van der Waals surface area contributed by atoms with E-state index in [1.165, 1.54) is 12.1 Å². The second-order valence-electron chi connectivity index (χ2n) is 3.73. The predicted octanol–water partition coefficient (Wildman–Crippen LogP) is 2.36. The Morgan fingerprint density at radius 1 is 1.06 bits per heavy atom. The molecule has 0 aliphatic heterocycles. The SMILES string of the molecule is N=C(N)c1ccc(-c2cccc(F)c2)cc1N. The van der Waals surface area contributed by atoms with Crippen LogP contribution in [0.25, 0.3) is 11.1 Å². The molecule has 2 aromatic carbocycles. The van der Waals surface area contributed by atoms with Gasteiger partial charge in [0.2, 0.25) is 0 Å². The van der Waals surface area contributed by atoms with Crippen LogP contribution in [0.15, 0.2) is 42.5 Å². The summed E-state index contributed by atoms with van der Waals surface area (Å²) in [6.45, 7) is 0. The van der Waals surface area contributed by atoms with Gasteiger partial charge in [0.25, 0.3) is 0 Å². The topological polar surface area (TPSA) is 75.9 Å². The Hall–Kier alpha value is -2.36. The summed E-state index contributed by atoms with van der Waals surface area (Å²) in [6, 6.07) is 11.4. The maximum absolute atomic E-state index is 13.1. The third kappa shape index (κ3) is 2.25. The monoisotopic (exact) mass is 229 g/mol. The zero-order valence-corrected chi connectivity index (χ0v) is 9.07. The van der Waals surface area contributed by atoms with Crippen molar-refractivity contribution < 1.29 is 4.39 Å². The molecule has 0 aliphatic carbocycles. The number of benzene rings is 2. The first-order chi connectivity index (χ1) is 8.08. The average molecular weight is 229 g/mol. The van der Waals surface area contributed by atoms with E-state index in [0.29, 0.717) is 11.3 Å². The minimum Gasteiger partial charge on any atom is -0.398 e. The highest BCUT2D eigenvalue weighted by Gasteiger charge is 2.05. The number of nitrogens with two attached hydrogens (primary N) is 2. The fourth-order valence-corrected chi connectivity index (χ4v) is 1.66. The molecule has 4 heteroatoms. The van der Waals surface area contributed by atoms with E-state index in [-0.39, 0.29) is 11.7 Å². The van der Waals surface area contributed by atoms with Crippen LogP contribution < -0.4 is 11.5 Å². The summed E-state index contributed by atoms with van der Waals surface area (Å²) in [5.41, 5.74) is 13.6. The fourth-order valence-electron chi connectivity index (χ4n) is 1.66. The fraction of sp³-hybridized carbons (Fsp3) is 0. The maximum atomic E-state index is 13.1. The van der Waals surface area contributed by atoms with E-state index >= 15 is 0 Å². The summed E-state index contributed by atoms with van der Waals surface area (Å²) in [4.78, 5) is 0. The van der Waals surface area contributed by atoms with E-state index in [2.05, 4.69) is 0 Å². The van der Waals surface area contributed by atoms with Crippen molar-refractivity contribution in [1.82, 2.24) is 0 Å². The van der Waals surface area contributed by atoms with Crippen LogP contribution in [0.3, 0.4) is 0 Å². The average Bonchev–Trinajstić information content (AvgIpc) is 2.28. The molecule has 0 atom stereocenters. The Bertz CT molecular complexity index is 579. The third-order valence-corrected chi connectivity index (χ3v) is 2.50. The molecule has 0 aliphatic rings. The van der Waals surface area contributed by atoms with Crippen LogP contribution >= 0.6 is 0 Å². The number of nitrogen functional groups attached to an aromatic ring is 2. The Balaban J connectivity index is 2.48. The predicted molar refractivity (Wildman–Crippen MR) is 67.3 cm³/mol.